The zero-order chi connectivity index (χ0) is 12.9. The van der Waals surface area contributed by atoms with Crippen LogP contribution >= 0.6 is 0 Å². The van der Waals surface area contributed by atoms with Gasteiger partial charge in [0.15, 0.2) is 11.7 Å². The first-order valence-corrected chi connectivity index (χ1v) is 6.24. The van der Waals surface area contributed by atoms with Crippen LogP contribution in [0.2, 0.25) is 0 Å². The van der Waals surface area contributed by atoms with Crippen molar-refractivity contribution in [2.24, 2.45) is 0 Å². The molecule has 1 saturated heterocycles. The van der Waals surface area contributed by atoms with Gasteiger partial charge in [0.05, 0.1) is 13.2 Å². The van der Waals surface area contributed by atoms with Crippen LogP contribution in [0.4, 0.5) is 0 Å². The van der Waals surface area contributed by atoms with Crippen LogP contribution in [0.3, 0.4) is 0 Å². The molecule has 0 bridgehead atoms. The second kappa shape index (κ2) is 3.95. The lowest BCUT2D eigenvalue weighted by Crippen LogP contribution is -2.57. The SMILES string of the molecule is Cc1c2n(ccc1=O)CC1OCCC(C)N1C2=O. The first kappa shape index (κ1) is 11.5. The van der Waals surface area contributed by atoms with Gasteiger partial charge >= 0.3 is 0 Å². The Morgan fingerprint density at radius 1 is 1.39 bits per heavy atom. The zero-order valence-corrected chi connectivity index (χ0v) is 10.5. The number of nitrogens with zero attached hydrogens (tertiary/aromatic N) is 2. The molecule has 0 spiro atoms. The molecule has 2 unspecified atom stereocenters. The summed E-state index contributed by atoms with van der Waals surface area (Å²) in [6, 6.07) is 1.67. The van der Waals surface area contributed by atoms with Gasteiger partial charge in [0, 0.05) is 23.9 Å². The number of fused-ring (bicyclic) bond motifs is 2. The zero-order valence-electron chi connectivity index (χ0n) is 10.5. The molecule has 96 valence electrons. The number of amides is 1. The van der Waals surface area contributed by atoms with Gasteiger partial charge in [-0.25, -0.2) is 0 Å². The molecule has 2 atom stereocenters. The standard InChI is InChI=1S/C13H16N2O3/c1-8-4-6-18-11-7-14-5-3-10(16)9(2)12(14)13(17)15(8)11/h3,5,8,11H,4,6-7H2,1-2H3. The second-order valence-electron chi connectivity index (χ2n) is 4.98. The van der Waals surface area contributed by atoms with Crippen molar-refractivity contribution >= 4 is 5.91 Å². The van der Waals surface area contributed by atoms with Crippen LogP contribution in [0.1, 0.15) is 29.4 Å². The molecule has 3 rings (SSSR count). The minimum absolute atomic E-state index is 0.0846. The van der Waals surface area contributed by atoms with Gasteiger partial charge in [0.1, 0.15) is 5.69 Å². The minimum Gasteiger partial charge on any atom is -0.356 e. The highest BCUT2D eigenvalue weighted by molar-refractivity contribution is 5.95. The third-order valence-corrected chi connectivity index (χ3v) is 3.84. The number of carbonyl (C=O) groups is 1. The third-order valence-electron chi connectivity index (χ3n) is 3.84. The van der Waals surface area contributed by atoms with Crippen molar-refractivity contribution < 1.29 is 9.53 Å². The summed E-state index contributed by atoms with van der Waals surface area (Å²) < 4.78 is 7.49. The van der Waals surface area contributed by atoms with Gasteiger partial charge < -0.3 is 14.2 Å². The molecular formula is C13H16N2O3. The van der Waals surface area contributed by atoms with Gasteiger partial charge in [-0.1, -0.05) is 0 Å². The van der Waals surface area contributed by atoms with Crippen LogP contribution in [-0.2, 0) is 11.3 Å². The van der Waals surface area contributed by atoms with Crippen LogP contribution in [0, 0.1) is 6.92 Å². The first-order chi connectivity index (χ1) is 8.59. The van der Waals surface area contributed by atoms with E-state index in [9.17, 15) is 9.59 Å². The second-order valence-corrected chi connectivity index (χ2v) is 4.98. The van der Waals surface area contributed by atoms with Crippen molar-refractivity contribution in [1.29, 1.82) is 0 Å². The predicted octanol–water partition coefficient (Wildman–Crippen LogP) is 0.747. The van der Waals surface area contributed by atoms with Crippen molar-refractivity contribution in [3.63, 3.8) is 0 Å². The van der Waals surface area contributed by atoms with Crippen LogP contribution in [0.5, 0.6) is 0 Å². The average Bonchev–Trinajstić information content (AvgIpc) is 2.34. The van der Waals surface area contributed by atoms with Gasteiger partial charge in [-0.3, -0.25) is 9.59 Å². The Balaban J connectivity index is 2.13. The third kappa shape index (κ3) is 1.50. The summed E-state index contributed by atoms with van der Waals surface area (Å²) >= 11 is 0. The summed E-state index contributed by atoms with van der Waals surface area (Å²) in [5, 5.41) is 0. The van der Waals surface area contributed by atoms with E-state index in [1.165, 1.54) is 6.07 Å². The molecule has 1 amide bonds. The van der Waals surface area contributed by atoms with E-state index in [-0.39, 0.29) is 23.6 Å². The predicted molar refractivity (Wildman–Crippen MR) is 65.4 cm³/mol. The Hall–Kier alpha value is -1.62. The van der Waals surface area contributed by atoms with Crippen molar-refractivity contribution in [3.8, 4) is 0 Å². The van der Waals surface area contributed by atoms with E-state index in [2.05, 4.69) is 0 Å². The van der Waals surface area contributed by atoms with E-state index in [0.29, 0.717) is 24.4 Å². The number of aromatic nitrogens is 1. The molecule has 0 N–H and O–H groups in total. The van der Waals surface area contributed by atoms with Crippen molar-refractivity contribution in [1.82, 2.24) is 9.47 Å². The lowest BCUT2D eigenvalue weighted by molar-refractivity contribution is -0.112. The highest BCUT2D eigenvalue weighted by Gasteiger charge is 2.39. The van der Waals surface area contributed by atoms with E-state index in [4.69, 9.17) is 4.74 Å². The number of carbonyl (C=O) groups excluding carboxylic acids is 1. The van der Waals surface area contributed by atoms with Gasteiger partial charge in [-0.2, -0.15) is 0 Å². The van der Waals surface area contributed by atoms with Crippen molar-refractivity contribution in [2.75, 3.05) is 6.61 Å². The molecular weight excluding hydrogens is 232 g/mol. The van der Waals surface area contributed by atoms with Gasteiger partial charge in [0.25, 0.3) is 5.91 Å². The summed E-state index contributed by atoms with van der Waals surface area (Å²) in [6.45, 7) is 5.03. The average molecular weight is 248 g/mol. The summed E-state index contributed by atoms with van der Waals surface area (Å²) in [7, 11) is 0. The van der Waals surface area contributed by atoms with Gasteiger partial charge in [-0.15, -0.1) is 0 Å². The minimum atomic E-state index is -0.198. The molecule has 1 aromatic heterocycles. The molecule has 18 heavy (non-hydrogen) atoms. The highest BCUT2D eigenvalue weighted by Crippen LogP contribution is 2.26. The molecule has 1 aromatic rings. The van der Waals surface area contributed by atoms with Crippen LogP contribution in [-0.4, -0.2) is 34.3 Å². The largest absolute Gasteiger partial charge is 0.356 e. The summed E-state index contributed by atoms with van der Waals surface area (Å²) in [5.41, 5.74) is 0.952. The lowest BCUT2D eigenvalue weighted by Gasteiger charge is -2.44. The van der Waals surface area contributed by atoms with Crippen molar-refractivity contribution in [3.05, 3.63) is 33.7 Å². The molecule has 2 aliphatic heterocycles. The number of ether oxygens (including phenoxy) is 1. The molecule has 1 fully saturated rings. The summed E-state index contributed by atoms with van der Waals surface area (Å²) in [6.07, 6.45) is 2.33. The number of rotatable bonds is 0. The van der Waals surface area contributed by atoms with Crippen LogP contribution in [0.15, 0.2) is 17.1 Å². The summed E-state index contributed by atoms with van der Waals surface area (Å²) in [4.78, 5) is 26.0. The molecule has 0 aromatic carbocycles. The lowest BCUT2D eigenvalue weighted by atomic mass is 10.1. The Morgan fingerprint density at radius 3 is 2.94 bits per heavy atom. The normalized spacial score (nSPS) is 26.8. The van der Waals surface area contributed by atoms with E-state index < -0.39 is 0 Å². The molecule has 0 saturated carbocycles. The fourth-order valence-electron chi connectivity index (χ4n) is 2.76. The highest BCUT2D eigenvalue weighted by atomic mass is 16.5. The Kier molecular flexibility index (Phi) is 2.52. The van der Waals surface area contributed by atoms with E-state index in [1.54, 1.807) is 18.0 Å². The first-order valence-electron chi connectivity index (χ1n) is 6.24. The summed E-state index contributed by atoms with van der Waals surface area (Å²) in [5.74, 6) is -0.0892. The number of pyridine rings is 1. The molecule has 2 aliphatic rings. The Labute approximate surface area is 105 Å². The number of hydrogen-bond donors (Lipinski definition) is 0. The quantitative estimate of drug-likeness (QED) is 0.680. The van der Waals surface area contributed by atoms with E-state index in [1.807, 2.05) is 11.5 Å². The maximum atomic E-state index is 12.5. The molecule has 5 heteroatoms. The van der Waals surface area contributed by atoms with Gasteiger partial charge in [0.2, 0.25) is 0 Å². The monoisotopic (exact) mass is 248 g/mol. The van der Waals surface area contributed by atoms with Gasteiger partial charge in [-0.05, 0) is 20.3 Å². The number of hydrogen-bond acceptors (Lipinski definition) is 3. The maximum Gasteiger partial charge on any atom is 0.273 e. The Bertz CT molecular complexity index is 564. The smallest absolute Gasteiger partial charge is 0.273 e. The Morgan fingerprint density at radius 2 is 2.17 bits per heavy atom. The molecule has 0 radical (unpaired) electrons. The van der Waals surface area contributed by atoms with Crippen molar-refractivity contribution in [2.45, 2.75) is 39.1 Å². The van der Waals surface area contributed by atoms with E-state index in [0.717, 1.165) is 6.42 Å². The van der Waals surface area contributed by atoms with Crippen LogP contribution in [0.25, 0.3) is 0 Å². The van der Waals surface area contributed by atoms with E-state index >= 15 is 0 Å². The topological polar surface area (TPSA) is 51.5 Å². The molecule has 0 aliphatic carbocycles. The fourth-order valence-corrected chi connectivity index (χ4v) is 2.76. The molecule has 5 nitrogen and oxygen atoms in total. The fraction of sp³-hybridized carbons (Fsp3) is 0.538. The van der Waals surface area contributed by atoms with Crippen LogP contribution < -0.4 is 5.43 Å². The maximum absolute atomic E-state index is 12.5. The molecule has 3 heterocycles.